The van der Waals surface area contributed by atoms with Crippen LogP contribution in [0.15, 0.2) is 11.6 Å². The summed E-state index contributed by atoms with van der Waals surface area (Å²) in [5.41, 5.74) is -4.92. The van der Waals surface area contributed by atoms with Crippen LogP contribution in [0.2, 0.25) is 0 Å². The van der Waals surface area contributed by atoms with E-state index in [1.54, 1.807) is 13.8 Å². The summed E-state index contributed by atoms with van der Waals surface area (Å²) in [7, 11) is 0. The fourth-order valence-corrected chi connectivity index (χ4v) is 22.0. The van der Waals surface area contributed by atoms with Crippen molar-refractivity contribution in [1.29, 1.82) is 0 Å². The third kappa shape index (κ3) is 16.8. The number of carboxylic acid groups (broad SMARTS) is 1. The minimum atomic E-state index is -2.16. The maximum absolute atomic E-state index is 16.5. The summed E-state index contributed by atoms with van der Waals surface area (Å²) >= 11 is 0. The van der Waals surface area contributed by atoms with E-state index in [2.05, 4.69) is 40.7 Å². The molecule has 0 aromatic carbocycles. The molecule has 4 saturated carbocycles. The van der Waals surface area contributed by atoms with Crippen LogP contribution in [0.5, 0.6) is 0 Å². The third-order valence-corrected chi connectivity index (χ3v) is 29.9. The highest BCUT2D eigenvalue weighted by Gasteiger charge is 2.72. The zero-order valence-corrected chi connectivity index (χ0v) is 69.1. The summed E-state index contributed by atoms with van der Waals surface area (Å²) in [6.07, 6.45) is -55.6. The molecule has 8 saturated heterocycles. The number of hydrogen-bond acceptors (Lipinski definition) is 38. The molecule has 19 N–H and O–H groups in total. The van der Waals surface area contributed by atoms with Crippen LogP contribution < -0.4 is 0 Å². The van der Waals surface area contributed by atoms with Crippen molar-refractivity contribution < 1.29 is 192 Å². The van der Waals surface area contributed by atoms with Gasteiger partial charge in [-0.25, -0.2) is 4.79 Å². The van der Waals surface area contributed by atoms with Crippen molar-refractivity contribution in [3.63, 3.8) is 0 Å². The molecule has 8 heterocycles. The number of fused-ring (bicyclic) bond motifs is 7. The van der Waals surface area contributed by atoms with E-state index < -0.39 is 317 Å². The number of hydrogen-bond donors (Lipinski definition) is 19. The molecule has 0 spiro atoms. The van der Waals surface area contributed by atoms with Gasteiger partial charge in [-0.3, -0.25) is 9.59 Å². The lowest BCUT2D eigenvalue weighted by Crippen LogP contribution is -2.68. The molecule has 12 fully saturated rings. The first-order valence-electron chi connectivity index (χ1n) is 42.0. The average Bonchev–Trinajstić information content (AvgIpc) is 1.01. The van der Waals surface area contributed by atoms with Crippen LogP contribution in [0.4, 0.5) is 0 Å². The SMILES string of the molecule is CC[C@H](C)C(=O)O[C@@H]1C(C)O[C@@H](OC(=O)[C@]23CCC(C)(C)CC2C2=CCC4[C@@]5(C)CC[C@H](O[C@@H]6OC(C(=O)O)[C@H](O)[C@H](O[C@@H]7OC[C@@H](O)[C@H](O)C7O)C6O[C@@H]6OC(CO)[C@H](O)[C@H](O)C6O)C(C)(C)C5CC[C@@]4(C)[C@]2(C)CC3)[C@H](O[C@@H]2OC(C)[C@H](OC3OCC(O)[C@H](O[C@@H]4OCC(O)(CO)[C@@H]4O)[C@@H]3O)[C@H](O)C2O)C1O[C@@H]1OC(C)[C@H](O)[C@H](O)C1O. The number of carbonyl (C=O) groups excluding carboxylic acids is 2. The number of aliphatic carboxylic acids is 1. The van der Waals surface area contributed by atoms with Crippen LogP contribution in [-0.2, 0) is 94.9 Å². The maximum Gasteiger partial charge on any atom is 0.335 e. The summed E-state index contributed by atoms with van der Waals surface area (Å²) in [5, 5.41) is 210. The van der Waals surface area contributed by atoms with Gasteiger partial charge in [-0.15, -0.1) is 0 Å². The minimum Gasteiger partial charge on any atom is -0.479 e. The van der Waals surface area contributed by atoms with Gasteiger partial charge in [0.05, 0.1) is 68.8 Å². The summed E-state index contributed by atoms with van der Waals surface area (Å²) in [4.78, 5) is 43.7. The zero-order valence-electron chi connectivity index (χ0n) is 69.1. The molecule has 0 bridgehead atoms. The second-order valence-corrected chi connectivity index (χ2v) is 38.0. The molecule has 0 radical (unpaired) electrons. The van der Waals surface area contributed by atoms with E-state index >= 15 is 4.79 Å². The van der Waals surface area contributed by atoms with Gasteiger partial charge in [0.2, 0.25) is 6.29 Å². The second-order valence-electron chi connectivity index (χ2n) is 38.0. The highest BCUT2D eigenvalue weighted by molar-refractivity contribution is 5.79. The monoisotopic (exact) mass is 1710 g/mol. The van der Waals surface area contributed by atoms with Gasteiger partial charge in [0.15, 0.2) is 62.3 Å². The largest absolute Gasteiger partial charge is 0.479 e. The molecule has 682 valence electrons. The molecule has 119 heavy (non-hydrogen) atoms. The molecule has 0 aromatic heterocycles. The number of allylic oxidation sites excluding steroid dienone is 2. The van der Waals surface area contributed by atoms with Gasteiger partial charge in [-0.1, -0.05) is 74.0 Å². The number of carboxylic acids is 1. The molecule has 17 unspecified atom stereocenters. The van der Waals surface area contributed by atoms with Gasteiger partial charge in [0, 0.05) is 0 Å². The molecule has 8 aliphatic heterocycles. The Balaban J connectivity index is 0.784. The van der Waals surface area contributed by atoms with Gasteiger partial charge < -0.3 is 178 Å². The maximum atomic E-state index is 16.5. The molecule has 45 atom stereocenters. The van der Waals surface area contributed by atoms with Crippen LogP contribution in [0.1, 0.15) is 154 Å². The lowest BCUT2D eigenvalue weighted by Gasteiger charge is -2.71. The van der Waals surface area contributed by atoms with Crippen molar-refractivity contribution in [3.05, 3.63) is 11.6 Å². The average molecular weight is 1710 g/mol. The third-order valence-electron chi connectivity index (χ3n) is 29.9. The molecule has 0 aromatic rings. The Morgan fingerprint density at radius 3 is 1.69 bits per heavy atom. The first-order valence-corrected chi connectivity index (χ1v) is 42.0. The Labute approximate surface area is 688 Å². The molecule has 0 amide bonds. The van der Waals surface area contributed by atoms with Crippen molar-refractivity contribution in [1.82, 2.24) is 0 Å². The van der Waals surface area contributed by atoms with E-state index in [0.29, 0.717) is 70.6 Å². The molecule has 39 nitrogen and oxygen atoms in total. The second kappa shape index (κ2) is 35.5. The topological polar surface area (TPSA) is 592 Å². The van der Waals surface area contributed by atoms with E-state index in [9.17, 15) is 107 Å². The van der Waals surface area contributed by atoms with E-state index in [0.717, 1.165) is 5.57 Å². The Kier molecular flexibility index (Phi) is 27.9. The van der Waals surface area contributed by atoms with Gasteiger partial charge in [-0.2, -0.15) is 0 Å². The highest BCUT2D eigenvalue weighted by atomic mass is 16.8. The van der Waals surface area contributed by atoms with Crippen molar-refractivity contribution in [2.24, 2.45) is 56.2 Å². The lowest BCUT2D eigenvalue weighted by atomic mass is 9.33. The minimum absolute atomic E-state index is 0.0138. The van der Waals surface area contributed by atoms with Crippen molar-refractivity contribution in [3.8, 4) is 0 Å². The predicted octanol–water partition coefficient (Wildman–Crippen LogP) is -4.05. The van der Waals surface area contributed by atoms with Crippen LogP contribution in [-0.4, -0.2) is 375 Å². The van der Waals surface area contributed by atoms with Crippen LogP contribution in [0.3, 0.4) is 0 Å². The standard InChI is InChI=1S/C80H128O39/c1-13-30(2)64(100)111-55-33(5)108-70(61(59(55)116-67-49(92)45(88)42(85)31(3)106-67)118-68-51(94)47(90)54(32(4)107-68)112-66-53(96)56(37(84)27-104-66)113-72-62(97)80(102,28-82)29-105-72)119-73(101)79-22-20-74(6,7)24-35(79)34-14-15-40-76(10)18-17-41(75(8,9)39(76)16-19-78(40,12)77(34,11)21-23-79)110-71-60(117-69-50(93)46(89)44(87)38(25-81)109-69)57(52(95)58(115-71)63(98)99)114-65-48(91)43(86)36(83)26-103-65/h14,30-33,35-62,65-72,81-97,102H,13,15-29H2,1-12H3,(H,98,99)/t30-,31?,32?,33?,35?,36+,37?,38?,39?,40?,41-,42-,43-,44-,45-,46-,47+,48?,49?,50?,51?,52+,53-,54-,55+,56-,57-,58?,59?,60?,61+,62+,65-,66?,67-,68-,69-,70-,71+,72-,76-,77+,78+,79-,80?/m0/s1. The van der Waals surface area contributed by atoms with Gasteiger partial charge in [0.1, 0.15) is 134 Å². The first-order chi connectivity index (χ1) is 55.8. The fourth-order valence-electron chi connectivity index (χ4n) is 22.0. The van der Waals surface area contributed by atoms with Crippen molar-refractivity contribution in [2.45, 2.75) is 381 Å². The fraction of sp³-hybridized carbons (Fsp3) is 0.938. The van der Waals surface area contributed by atoms with E-state index in [1.165, 1.54) is 20.8 Å². The molecular formula is C80H128O39. The Hall–Kier alpha value is -3.17. The van der Waals surface area contributed by atoms with Crippen LogP contribution >= 0.6 is 0 Å². The number of ether oxygens (including phenoxy) is 17. The lowest BCUT2D eigenvalue weighted by molar-refractivity contribution is -0.392. The summed E-state index contributed by atoms with van der Waals surface area (Å²) < 4.78 is 105. The van der Waals surface area contributed by atoms with Gasteiger partial charge in [-0.05, 0) is 136 Å². The number of carbonyl (C=O) groups is 3. The highest BCUT2D eigenvalue weighted by Crippen LogP contribution is 2.76. The van der Waals surface area contributed by atoms with Gasteiger partial charge >= 0.3 is 17.9 Å². The Bertz CT molecular complexity index is 3520. The first kappa shape index (κ1) is 93.5. The number of esters is 2. The Morgan fingerprint density at radius 1 is 0.496 bits per heavy atom. The summed E-state index contributed by atoms with van der Waals surface area (Å²) in [5.74, 6) is -4.43. The predicted molar refractivity (Wildman–Crippen MR) is 395 cm³/mol. The van der Waals surface area contributed by atoms with Gasteiger partial charge in [0.25, 0.3) is 0 Å². The number of aliphatic hydroxyl groups excluding tert-OH is 17. The molecule has 39 heteroatoms. The van der Waals surface area contributed by atoms with Crippen molar-refractivity contribution in [2.75, 3.05) is 33.0 Å². The van der Waals surface area contributed by atoms with Crippen LogP contribution in [0, 0.1) is 56.2 Å². The van der Waals surface area contributed by atoms with Crippen LogP contribution in [0.25, 0.3) is 0 Å². The molecule has 5 aliphatic carbocycles. The molecular weight excluding hydrogens is 1580 g/mol. The smallest absolute Gasteiger partial charge is 0.335 e. The Morgan fingerprint density at radius 2 is 1.05 bits per heavy atom. The van der Waals surface area contributed by atoms with E-state index in [1.807, 2.05) is 13.8 Å². The van der Waals surface area contributed by atoms with E-state index in [4.69, 9.17) is 80.5 Å². The van der Waals surface area contributed by atoms with E-state index in [-0.39, 0.29) is 17.3 Å². The normalized spacial score (nSPS) is 52.6. The summed E-state index contributed by atoms with van der Waals surface area (Å²) in [6.45, 7) is 19.6. The zero-order chi connectivity index (χ0) is 86.9. The quantitative estimate of drug-likeness (QED) is 0.0279. The number of aliphatic hydroxyl groups is 18. The van der Waals surface area contributed by atoms with Crippen molar-refractivity contribution >= 4 is 17.9 Å². The molecule has 13 rings (SSSR count). The number of rotatable bonds is 22. The summed E-state index contributed by atoms with van der Waals surface area (Å²) in [6, 6.07) is 0. The molecule has 13 aliphatic rings.